The first-order valence-corrected chi connectivity index (χ1v) is 15.8. The van der Waals surface area contributed by atoms with Crippen LogP contribution in [0.2, 0.25) is 0 Å². The lowest BCUT2D eigenvalue weighted by Crippen LogP contribution is -2.25. The molecule has 0 aromatic heterocycles. The lowest BCUT2D eigenvalue weighted by atomic mass is 9.88. The second kappa shape index (κ2) is 19.3. The van der Waals surface area contributed by atoms with Gasteiger partial charge in [0.05, 0.1) is 50.1 Å². The predicted octanol–water partition coefficient (Wildman–Crippen LogP) is 7.02. The molecule has 0 aliphatic rings. The first kappa shape index (κ1) is 36.3. The average molecular weight is 635 g/mol. The highest BCUT2D eigenvalue weighted by molar-refractivity contribution is 5.91. The Labute approximate surface area is 272 Å². The van der Waals surface area contributed by atoms with Gasteiger partial charge in [-0.05, 0) is 84.8 Å². The first-order chi connectivity index (χ1) is 22.2. The number of carbonyl (C=O) groups excluding carboxylic acids is 3. The van der Waals surface area contributed by atoms with Crippen molar-refractivity contribution in [3.8, 4) is 22.6 Å². The lowest BCUT2D eigenvalue weighted by molar-refractivity contribution is -0.152. The van der Waals surface area contributed by atoms with E-state index in [1.54, 1.807) is 55.5 Å². The highest BCUT2D eigenvalue weighted by Gasteiger charge is 2.24. The Morgan fingerprint density at radius 3 is 1.65 bits per heavy atom. The second-order valence-electron chi connectivity index (χ2n) is 11.5. The molecule has 0 aliphatic heterocycles. The van der Waals surface area contributed by atoms with Crippen LogP contribution in [0.15, 0.2) is 72.8 Å². The Kier molecular flexibility index (Phi) is 15.2. The van der Waals surface area contributed by atoms with Crippen LogP contribution in [-0.4, -0.2) is 64.2 Å². The number of esters is 3. The summed E-state index contributed by atoms with van der Waals surface area (Å²) >= 11 is 0. The van der Waals surface area contributed by atoms with E-state index in [1.165, 1.54) is 0 Å². The zero-order valence-corrected chi connectivity index (χ0v) is 27.5. The molecular weight excluding hydrogens is 588 g/mol. The Morgan fingerprint density at radius 2 is 1.09 bits per heavy atom. The van der Waals surface area contributed by atoms with E-state index in [9.17, 15) is 14.4 Å². The third-order valence-electron chi connectivity index (χ3n) is 7.06. The van der Waals surface area contributed by atoms with Gasteiger partial charge in [-0.15, -0.1) is 0 Å². The quantitative estimate of drug-likeness (QED) is 0.0781. The van der Waals surface area contributed by atoms with Gasteiger partial charge >= 0.3 is 17.9 Å². The minimum atomic E-state index is -0.480. The molecule has 9 heteroatoms. The molecule has 0 amide bonds. The Bertz CT molecular complexity index is 1350. The van der Waals surface area contributed by atoms with Crippen molar-refractivity contribution in [2.75, 3.05) is 46.2 Å². The molecule has 0 fully saturated rings. The molecule has 0 radical (unpaired) electrons. The summed E-state index contributed by atoms with van der Waals surface area (Å²) in [7, 11) is 0. The molecular formula is C37H46O9. The number of hydrogen-bond acceptors (Lipinski definition) is 9. The van der Waals surface area contributed by atoms with Crippen LogP contribution in [0.25, 0.3) is 11.1 Å². The molecule has 3 aromatic carbocycles. The molecule has 9 nitrogen and oxygen atoms in total. The molecule has 0 saturated heterocycles. The maximum absolute atomic E-state index is 12.6. The summed E-state index contributed by atoms with van der Waals surface area (Å²) < 4.78 is 32.6. The second-order valence-corrected chi connectivity index (χ2v) is 11.5. The van der Waals surface area contributed by atoms with Crippen LogP contribution in [0.4, 0.5) is 0 Å². The minimum Gasteiger partial charge on any atom is -0.491 e. The molecule has 0 saturated carbocycles. The van der Waals surface area contributed by atoms with Gasteiger partial charge < -0.3 is 28.4 Å². The fraction of sp³-hybridized carbons (Fsp3) is 0.432. The van der Waals surface area contributed by atoms with Gasteiger partial charge in [-0.2, -0.15) is 0 Å². The van der Waals surface area contributed by atoms with Gasteiger partial charge in [0, 0.05) is 0 Å². The predicted molar refractivity (Wildman–Crippen MR) is 175 cm³/mol. The van der Waals surface area contributed by atoms with E-state index in [4.69, 9.17) is 28.4 Å². The van der Waals surface area contributed by atoms with Crippen LogP contribution in [-0.2, 0) is 23.7 Å². The molecule has 248 valence electrons. The summed E-state index contributed by atoms with van der Waals surface area (Å²) in [4.78, 5) is 36.8. The Morgan fingerprint density at radius 1 is 0.587 bits per heavy atom. The maximum Gasteiger partial charge on any atom is 0.343 e. The van der Waals surface area contributed by atoms with Crippen molar-refractivity contribution in [1.29, 1.82) is 0 Å². The van der Waals surface area contributed by atoms with Gasteiger partial charge in [0.15, 0.2) is 0 Å². The third-order valence-corrected chi connectivity index (χ3v) is 7.06. The first-order valence-electron chi connectivity index (χ1n) is 15.8. The molecule has 0 aliphatic carbocycles. The molecule has 1 atom stereocenters. The van der Waals surface area contributed by atoms with Crippen molar-refractivity contribution in [1.82, 2.24) is 0 Å². The van der Waals surface area contributed by atoms with Crippen molar-refractivity contribution in [2.45, 2.75) is 41.0 Å². The van der Waals surface area contributed by atoms with Crippen molar-refractivity contribution in [3.05, 3.63) is 83.9 Å². The summed E-state index contributed by atoms with van der Waals surface area (Å²) in [6.07, 6.45) is 0.819. The molecule has 0 heterocycles. The van der Waals surface area contributed by atoms with E-state index < -0.39 is 5.97 Å². The Balaban J connectivity index is 1.29. The van der Waals surface area contributed by atoms with Crippen molar-refractivity contribution >= 4 is 17.9 Å². The summed E-state index contributed by atoms with van der Waals surface area (Å²) in [5.41, 5.74) is 2.73. The number of benzene rings is 3. The Hall–Kier alpha value is -4.21. The van der Waals surface area contributed by atoms with Crippen LogP contribution in [0.5, 0.6) is 11.5 Å². The summed E-state index contributed by atoms with van der Waals surface area (Å²) in [6, 6.07) is 21.0. The minimum absolute atomic E-state index is 0.0879. The van der Waals surface area contributed by atoms with Crippen molar-refractivity contribution < 1.29 is 42.8 Å². The summed E-state index contributed by atoms with van der Waals surface area (Å²) in [5.74, 6) is 0.628. The summed E-state index contributed by atoms with van der Waals surface area (Å²) in [5, 5.41) is 0. The van der Waals surface area contributed by atoms with E-state index in [-0.39, 0.29) is 30.4 Å². The highest BCUT2D eigenvalue weighted by Crippen LogP contribution is 2.24. The van der Waals surface area contributed by atoms with E-state index in [0.717, 1.165) is 17.5 Å². The smallest absolute Gasteiger partial charge is 0.343 e. The average Bonchev–Trinajstić information content (AvgIpc) is 3.05. The van der Waals surface area contributed by atoms with E-state index in [0.29, 0.717) is 68.2 Å². The molecule has 3 aromatic rings. The zero-order valence-electron chi connectivity index (χ0n) is 27.5. The van der Waals surface area contributed by atoms with Gasteiger partial charge in [0.2, 0.25) is 0 Å². The number of hydrogen-bond donors (Lipinski definition) is 0. The van der Waals surface area contributed by atoms with Crippen LogP contribution in [0.1, 0.15) is 61.8 Å². The maximum atomic E-state index is 12.6. The van der Waals surface area contributed by atoms with Gasteiger partial charge in [-0.25, -0.2) is 9.59 Å². The molecule has 3 rings (SSSR count). The van der Waals surface area contributed by atoms with E-state index >= 15 is 0 Å². The molecule has 1 unspecified atom stereocenters. The van der Waals surface area contributed by atoms with Gasteiger partial charge in [0.25, 0.3) is 0 Å². The topological polar surface area (TPSA) is 107 Å². The monoisotopic (exact) mass is 634 g/mol. The van der Waals surface area contributed by atoms with Gasteiger partial charge in [-0.3, -0.25) is 4.79 Å². The third kappa shape index (κ3) is 12.3. The normalized spacial score (nSPS) is 11.7. The zero-order chi connectivity index (χ0) is 33.3. The van der Waals surface area contributed by atoms with Crippen molar-refractivity contribution in [3.63, 3.8) is 0 Å². The molecule has 0 spiro atoms. The van der Waals surface area contributed by atoms with Crippen molar-refractivity contribution in [2.24, 2.45) is 17.8 Å². The van der Waals surface area contributed by atoms with Gasteiger partial charge in [0.1, 0.15) is 24.7 Å². The molecule has 0 bridgehead atoms. The fourth-order valence-electron chi connectivity index (χ4n) is 4.58. The summed E-state index contributed by atoms with van der Waals surface area (Å²) in [6.45, 7) is 12.4. The molecule has 46 heavy (non-hydrogen) atoms. The molecule has 0 N–H and O–H groups in total. The van der Waals surface area contributed by atoms with E-state index in [2.05, 4.69) is 13.8 Å². The lowest BCUT2D eigenvalue weighted by Gasteiger charge is -2.21. The number of rotatable bonds is 19. The largest absolute Gasteiger partial charge is 0.491 e. The van der Waals surface area contributed by atoms with Crippen LogP contribution >= 0.6 is 0 Å². The number of carbonyl (C=O) groups is 3. The SMILES string of the molecule is CCOC(=O)c1ccc(-c2ccc(OC(=O)c3ccc(OCCOCCOCCOC(=O)C(CC(C)C)C(C)C)cc3)cc2)cc1. The van der Waals surface area contributed by atoms with Crippen LogP contribution < -0.4 is 9.47 Å². The highest BCUT2D eigenvalue weighted by atomic mass is 16.6. The number of ether oxygens (including phenoxy) is 6. The van der Waals surface area contributed by atoms with E-state index in [1.807, 2.05) is 38.1 Å². The standard InChI is InChI=1S/C37H46O9/c1-6-43-35(38)30-9-7-28(8-10-30)29-11-17-33(18-12-29)46-36(39)31-13-15-32(16-14-31)44-23-21-41-19-20-42-22-24-45-37(40)34(27(4)5)25-26(2)3/h7-18,26-27,34H,6,19-25H2,1-5H3. The van der Waals surface area contributed by atoms with Crippen LogP contribution in [0, 0.1) is 17.8 Å². The fourth-order valence-corrected chi connectivity index (χ4v) is 4.58. The van der Waals surface area contributed by atoms with Crippen LogP contribution in [0.3, 0.4) is 0 Å². The van der Waals surface area contributed by atoms with Gasteiger partial charge in [-0.1, -0.05) is 52.0 Å².